The third-order valence-corrected chi connectivity index (χ3v) is 5.07. The first-order valence-corrected chi connectivity index (χ1v) is 9.89. The van der Waals surface area contributed by atoms with Crippen LogP contribution >= 0.6 is 0 Å². The molecule has 1 saturated heterocycles. The molecule has 0 aliphatic carbocycles. The summed E-state index contributed by atoms with van der Waals surface area (Å²) in [6, 6.07) is 17.3. The summed E-state index contributed by atoms with van der Waals surface area (Å²) < 4.78 is 5.60. The molecule has 0 atom stereocenters. The van der Waals surface area contributed by atoms with Crippen LogP contribution in [0, 0.1) is 0 Å². The van der Waals surface area contributed by atoms with E-state index in [1.165, 1.54) is 5.56 Å². The van der Waals surface area contributed by atoms with E-state index >= 15 is 0 Å². The van der Waals surface area contributed by atoms with Gasteiger partial charge in [0.1, 0.15) is 5.75 Å². The quantitative estimate of drug-likeness (QED) is 0.770. The highest BCUT2D eigenvalue weighted by molar-refractivity contribution is 5.94. The molecule has 148 valence electrons. The zero-order chi connectivity index (χ0) is 19.9. The number of para-hydroxylation sites is 1. The summed E-state index contributed by atoms with van der Waals surface area (Å²) in [5, 5.41) is 0. The maximum atomic E-state index is 12.7. The maximum absolute atomic E-state index is 12.7. The zero-order valence-corrected chi connectivity index (χ0v) is 16.6. The van der Waals surface area contributed by atoms with Crippen LogP contribution < -0.4 is 4.74 Å². The number of piperazine rings is 1. The number of hydrogen-bond acceptors (Lipinski definition) is 3. The molecule has 3 rings (SSSR count). The molecule has 0 unspecified atom stereocenters. The molecule has 28 heavy (non-hydrogen) atoms. The maximum Gasteiger partial charge on any atom is 0.253 e. The van der Waals surface area contributed by atoms with Crippen LogP contribution in [0.1, 0.15) is 42.1 Å². The summed E-state index contributed by atoms with van der Waals surface area (Å²) >= 11 is 0. The highest BCUT2D eigenvalue weighted by atomic mass is 16.5. The van der Waals surface area contributed by atoms with E-state index in [-0.39, 0.29) is 11.8 Å². The average molecular weight is 380 g/mol. The summed E-state index contributed by atoms with van der Waals surface area (Å²) in [6.45, 7) is 6.91. The minimum atomic E-state index is 0.0369. The number of ether oxygens (including phenoxy) is 1. The number of carbonyl (C=O) groups excluding carboxylic acids is 2. The lowest BCUT2D eigenvalue weighted by Crippen LogP contribution is -2.50. The Morgan fingerprint density at radius 2 is 1.50 bits per heavy atom. The normalized spacial score (nSPS) is 14.2. The third kappa shape index (κ3) is 5.12. The predicted molar refractivity (Wildman–Crippen MR) is 110 cm³/mol. The van der Waals surface area contributed by atoms with E-state index < -0.39 is 0 Å². The van der Waals surface area contributed by atoms with Gasteiger partial charge in [-0.05, 0) is 35.7 Å². The van der Waals surface area contributed by atoms with Crippen molar-refractivity contribution < 1.29 is 14.3 Å². The van der Waals surface area contributed by atoms with Gasteiger partial charge in [0, 0.05) is 31.7 Å². The topological polar surface area (TPSA) is 49.9 Å². The Morgan fingerprint density at radius 3 is 2.11 bits per heavy atom. The summed E-state index contributed by atoms with van der Waals surface area (Å²) in [6.07, 6.45) is 0.347. The van der Waals surface area contributed by atoms with Crippen LogP contribution in [0.15, 0.2) is 54.6 Å². The van der Waals surface area contributed by atoms with Gasteiger partial charge in [-0.1, -0.05) is 44.2 Å². The SMILES string of the molecule is CC(C)c1ccc(C(=O)N2CCN(C(=O)CCOc3ccccc3)CC2)cc1. The number of nitrogens with zero attached hydrogens (tertiary/aromatic N) is 2. The molecule has 2 aromatic rings. The molecule has 1 heterocycles. The molecule has 0 spiro atoms. The lowest BCUT2D eigenvalue weighted by atomic mass is 10.0. The van der Waals surface area contributed by atoms with Gasteiger partial charge >= 0.3 is 0 Å². The van der Waals surface area contributed by atoms with Gasteiger partial charge in [0.25, 0.3) is 5.91 Å². The second kappa shape index (κ2) is 9.40. The molecule has 5 nitrogen and oxygen atoms in total. The van der Waals surface area contributed by atoms with Gasteiger partial charge < -0.3 is 14.5 Å². The Balaban J connectivity index is 1.44. The van der Waals surface area contributed by atoms with Crippen LogP contribution in [0.2, 0.25) is 0 Å². The Morgan fingerprint density at radius 1 is 0.893 bits per heavy atom. The minimum absolute atomic E-state index is 0.0369. The molecule has 0 bridgehead atoms. The third-order valence-electron chi connectivity index (χ3n) is 5.07. The van der Waals surface area contributed by atoms with E-state index in [1.54, 1.807) is 0 Å². The highest BCUT2D eigenvalue weighted by Crippen LogP contribution is 2.16. The van der Waals surface area contributed by atoms with Gasteiger partial charge in [0.2, 0.25) is 5.91 Å². The summed E-state index contributed by atoms with van der Waals surface area (Å²) in [4.78, 5) is 28.7. The van der Waals surface area contributed by atoms with E-state index in [0.29, 0.717) is 50.7 Å². The molecule has 0 N–H and O–H groups in total. The molecule has 0 radical (unpaired) electrons. The molecule has 1 fully saturated rings. The zero-order valence-electron chi connectivity index (χ0n) is 16.6. The van der Waals surface area contributed by atoms with E-state index in [0.717, 1.165) is 5.75 Å². The number of rotatable bonds is 6. The average Bonchev–Trinajstić information content (AvgIpc) is 2.74. The largest absolute Gasteiger partial charge is 0.493 e. The van der Waals surface area contributed by atoms with Crippen molar-refractivity contribution >= 4 is 11.8 Å². The van der Waals surface area contributed by atoms with Crippen LogP contribution in [0.4, 0.5) is 0 Å². The van der Waals surface area contributed by atoms with Gasteiger partial charge in [-0.2, -0.15) is 0 Å². The Bertz CT molecular complexity index is 779. The molecule has 1 aliphatic rings. The first kappa shape index (κ1) is 19.9. The van der Waals surface area contributed by atoms with Crippen LogP contribution in [0.3, 0.4) is 0 Å². The van der Waals surface area contributed by atoms with Gasteiger partial charge in [-0.3, -0.25) is 9.59 Å². The van der Waals surface area contributed by atoms with Crippen molar-refractivity contribution in [3.63, 3.8) is 0 Å². The lowest BCUT2D eigenvalue weighted by Gasteiger charge is -2.35. The van der Waals surface area contributed by atoms with E-state index in [9.17, 15) is 9.59 Å². The van der Waals surface area contributed by atoms with Crippen molar-refractivity contribution in [1.29, 1.82) is 0 Å². The Kier molecular flexibility index (Phi) is 6.69. The number of amides is 2. The first-order chi connectivity index (χ1) is 13.5. The monoisotopic (exact) mass is 380 g/mol. The van der Waals surface area contributed by atoms with Crippen LogP contribution in [0.25, 0.3) is 0 Å². The Hall–Kier alpha value is -2.82. The first-order valence-electron chi connectivity index (χ1n) is 9.89. The smallest absolute Gasteiger partial charge is 0.253 e. The molecule has 1 aliphatic heterocycles. The number of benzene rings is 2. The lowest BCUT2D eigenvalue weighted by molar-refractivity contribution is -0.133. The van der Waals surface area contributed by atoms with Gasteiger partial charge in [-0.25, -0.2) is 0 Å². The number of carbonyl (C=O) groups is 2. The molecule has 2 aromatic carbocycles. The number of hydrogen-bond donors (Lipinski definition) is 0. The van der Waals surface area contributed by atoms with Crippen molar-refractivity contribution in [2.24, 2.45) is 0 Å². The van der Waals surface area contributed by atoms with E-state index in [2.05, 4.69) is 13.8 Å². The predicted octanol–water partition coefficient (Wildman–Crippen LogP) is 3.56. The fraction of sp³-hybridized carbons (Fsp3) is 0.391. The van der Waals surface area contributed by atoms with Gasteiger partial charge in [-0.15, -0.1) is 0 Å². The van der Waals surface area contributed by atoms with Gasteiger partial charge in [0.05, 0.1) is 13.0 Å². The molecular formula is C23H28N2O3. The van der Waals surface area contributed by atoms with Crippen molar-refractivity contribution in [3.05, 3.63) is 65.7 Å². The second-order valence-electron chi connectivity index (χ2n) is 7.36. The van der Waals surface area contributed by atoms with Crippen molar-refractivity contribution in [2.45, 2.75) is 26.2 Å². The van der Waals surface area contributed by atoms with Gasteiger partial charge in [0.15, 0.2) is 0 Å². The molecule has 5 heteroatoms. The van der Waals surface area contributed by atoms with Crippen molar-refractivity contribution in [3.8, 4) is 5.75 Å². The molecular weight excluding hydrogens is 352 g/mol. The molecule has 0 aromatic heterocycles. The fourth-order valence-corrected chi connectivity index (χ4v) is 3.28. The second-order valence-corrected chi connectivity index (χ2v) is 7.36. The summed E-state index contributed by atoms with van der Waals surface area (Å²) in [5.41, 5.74) is 1.94. The van der Waals surface area contributed by atoms with Crippen LogP contribution in [0.5, 0.6) is 5.75 Å². The van der Waals surface area contributed by atoms with Crippen molar-refractivity contribution in [1.82, 2.24) is 9.80 Å². The summed E-state index contributed by atoms with van der Waals surface area (Å²) in [5.74, 6) is 1.33. The molecule has 2 amide bonds. The highest BCUT2D eigenvalue weighted by Gasteiger charge is 2.24. The van der Waals surface area contributed by atoms with Crippen molar-refractivity contribution in [2.75, 3.05) is 32.8 Å². The van der Waals surface area contributed by atoms with Crippen LogP contribution in [-0.4, -0.2) is 54.4 Å². The standard InChI is InChI=1S/C23H28N2O3/c1-18(2)19-8-10-20(11-9-19)23(27)25-15-13-24(14-16-25)22(26)12-17-28-21-6-4-3-5-7-21/h3-11,18H,12-17H2,1-2H3. The Labute approximate surface area is 166 Å². The minimum Gasteiger partial charge on any atom is -0.493 e. The van der Waals surface area contributed by atoms with E-state index in [1.807, 2.05) is 64.4 Å². The molecule has 0 saturated carbocycles. The fourth-order valence-electron chi connectivity index (χ4n) is 3.28. The summed E-state index contributed by atoms with van der Waals surface area (Å²) in [7, 11) is 0. The van der Waals surface area contributed by atoms with E-state index in [4.69, 9.17) is 4.74 Å². The van der Waals surface area contributed by atoms with Crippen LogP contribution in [-0.2, 0) is 4.79 Å².